The van der Waals surface area contributed by atoms with E-state index in [9.17, 15) is 9.59 Å². The molecule has 0 aliphatic carbocycles. The summed E-state index contributed by atoms with van der Waals surface area (Å²) in [6.07, 6.45) is 2.50. The van der Waals surface area contributed by atoms with Gasteiger partial charge in [-0.05, 0) is 35.8 Å². The molecule has 5 nitrogen and oxygen atoms in total. The summed E-state index contributed by atoms with van der Waals surface area (Å²) in [5.41, 5.74) is 2.57. The zero-order chi connectivity index (χ0) is 20.4. The third-order valence-corrected chi connectivity index (χ3v) is 6.12. The zero-order valence-corrected chi connectivity index (χ0v) is 17.5. The van der Waals surface area contributed by atoms with Crippen LogP contribution in [0, 0.1) is 0 Å². The average molecular weight is 425 g/mol. The fourth-order valence-corrected chi connectivity index (χ4v) is 4.60. The second kappa shape index (κ2) is 8.39. The zero-order valence-electron chi connectivity index (χ0n) is 15.9. The number of benzene rings is 2. The first-order valence-corrected chi connectivity index (χ1v) is 10.7. The van der Waals surface area contributed by atoms with Crippen LogP contribution in [0.15, 0.2) is 53.4 Å². The number of hydrogen-bond donors (Lipinski definition) is 1. The van der Waals surface area contributed by atoms with Crippen LogP contribution in [0.2, 0.25) is 0 Å². The van der Waals surface area contributed by atoms with E-state index in [1.54, 1.807) is 11.0 Å². The van der Waals surface area contributed by atoms with Crippen molar-refractivity contribution in [2.75, 3.05) is 18.1 Å². The number of thiocarbonyl (C=S) groups is 1. The van der Waals surface area contributed by atoms with Crippen molar-refractivity contribution in [3.8, 4) is 5.75 Å². The van der Waals surface area contributed by atoms with E-state index in [2.05, 4.69) is 5.32 Å². The Balaban J connectivity index is 1.66. The van der Waals surface area contributed by atoms with Crippen LogP contribution in [0.3, 0.4) is 0 Å². The molecule has 4 rings (SSSR count). The molecule has 7 heteroatoms. The molecule has 2 aliphatic heterocycles. The number of ether oxygens (including phenoxy) is 1. The maximum atomic E-state index is 13.4. The average Bonchev–Trinajstić information content (AvgIpc) is 3.05. The van der Waals surface area contributed by atoms with Crippen LogP contribution in [0.5, 0.6) is 5.75 Å². The highest BCUT2D eigenvalue weighted by Crippen LogP contribution is 2.36. The number of thioether (sulfide) groups is 1. The summed E-state index contributed by atoms with van der Waals surface area (Å²) in [5.74, 6) is 0.325. The van der Waals surface area contributed by atoms with Crippen LogP contribution in [0.1, 0.15) is 30.4 Å². The van der Waals surface area contributed by atoms with Gasteiger partial charge >= 0.3 is 0 Å². The Bertz CT molecular complexity index is 1000. The van der Waals surface area contributed by atoms with Crippen LogP contribution in [-0.2, 0) is 9.59 Å². The molecule has 148 valence electrons. The number of nitrogens with zero attached hydrogens (tertiary/aromatic N) is 1. The Morgan fingerprint density at radius 2 is 2.10 bits per heavy atom. The molecular formula is C22H20N2O3S2. The van der Waals surface area contributed by atoms with Gasteiger partial charge in [-0.2, -0.15) is 0 Å². The van der Waals surface area contributed by atoms with Crippen molar-refractivity contribution in [3.63, 3.8) is 0 Å². The summed E-state index contributed by atoms with van der Waals surface area (Å²) in [6, 6.07) is 15.5. The first-order chi connectivity index (χ1) is 14.1. The van der Waals surface area contributed by atoms with Crippen LogP contribution in [0.4, 0.5) is 5.69 Å². The van der Waals surface area contributed by atoms with Crippen molar-refractivity contribution in [3.05, 3.63) is 64.6 Å². The molecule has 2 amide bonds. The number of rotatable bonds is 4. The highest BCUT2D eigenvalue weighted by Gasteiger charge is 2.30. The smallest absolute Gasteiger partial charge is 0.263 e. The molecule has 1 saturated heterocycles. The van der Waals surface area contributed by atoms with Gasteiger partial charge in [0.2, 0.25) is 5.91 Å². The molecule has 2 aromatic rings. The molecule has 1 atom stereocenters. The van der Waals surface area contributed by atoms with Gasteiger partial charge in [0.15, 0.2) is 0 Å². The highest BCUT2D eigenvalue weighted by atomic mass is 32.2. The molecule has 1 fully saturated rings. The van der Waals surface area contributed by atoms with Gasteiger partial charge in [0.05, 0.1) is 23.1 Å². The maximum Gasteiger partial charge on any atom is 0.263 e. The normalized spacial score (nSPS) is 18.2. The SMILES string of the molecule is CCC(C(=O)N1CCOc2ccc(C=C3SC(=S)NC3=O)cc21)c1ccccc1. The second-order valence-electron chi connectivity index (χ2n) is 6.79. The van der Waals surface area contributed by atoms with E-state index in [-0.39, 0.29) is 17.7 Å². The van der Waals surface area contributed by atoms with Crippen molar-refractivity contribution in [2.45, 2.75) is 19.3 Å². The van der Waals surface area contributed by atoms with E-state index in [0.717, 1.165) is 16.8 Å². The Morgan fingerprint density at radius 3 is 2.79 bits per heavy atom. The number of nitrogens with one attached hydrogen (secondary N) is 1. The third kappa shape index (κ3) is 4.06. The minimum atomic E-state index is -0.210. The molecule has 2 heterocycles. The van der Waals surface area contributed by atoms with E-state index in [0.29, 0.717) is 34.5 Å². The summed E-state index contributed by atoms with van der Waals surface area (Å²) < 4.78 is 6.22. The number of hydrogen-bond acceptors (Lipinski definition) is 5. The molecular weight excluding hydrogens is 404 g/mol. The van der Waals surface area contributed by atoms with Crippen molar-refractivity contribution >= 4 is 51.9 Å². The monoisotopic (exact) mass is 424 g/mol. The molecule has 1 unspecified atom stereocenters. The quantitative estimate of drug-likeness (QED) is 0.592. The van der Waals surface area contributed by atoms with Gasteiger partial charge in [0.25, 0.3) is 5.91 Å². The largest absolute Gasteiger partial charge is 0.490 e. The third-order valence-electron chi connectivity index (χ3n) is 4.96. The van der Waals surface area contributed by atoms with Gasteiger partial charge in [-0.3, -0.25) is 9.59 Å². The lowest BCUT2D eigenvalue weighted by molar-refractivity contribution is -0.120. The van der Waals surface area contributed by atoms with Gasteiger partial charge < -0.3 is 15.0 Å². The van der Waals surface area contributed by atoms with Crippen molar-refractivity contribution < 1.29 is 14.3 Å². The number of carbonyl (C=O) groups is 2. The summed E-state index contributed by atoms with van der Waals surface area (Å²) in [6.45, 7) is 2.97. The van der Waals surface area contributed by atoms with Gasteiger partial charge in [0.1, 0.15) is 16.7 Å². The molecule has 0 bridgehead atoms. The van der Waals surface area contributed by atoms with E-state index in [1.807, 2.05) is 55.5 Å². The number of anilines is 1. The first kappa shape index (κ1) is 19.7. The fourth-order valence-electron chi connectivity index (χ4n) is 3.55. The van der Waals surface area contributed by atoms with Crippen LogP contribution in [-0.4, -0.2) is 29.3 Å². The summed E-state index contributed by atoms with van der Waals surface area (Å²) in [4.78, 5) is 27.7. The molecule has 0 saturated carbocycles. The van der Waals surface area contributed by atoms with E-state index in [1.165, 1.54) is 11.8 Å². The number of amides is 2. The molecule has 0 spiro atoms. The maximum absolute atomic E-state index is 13.4. The van der Waals surface area contributed by atoms with Gasteiger partial charge in [-0.15, -0.1) is 0 Å². The molecule has 29 heavy (non-hydrogen) atoms. The lowest BCUT2D eigenvalue weighted by atomic mass is 9.94. The van der Waals surface area contributed by atoms with Crippen LogP contribution < -0.4 is 15.0 Å². The van der Waals surface area contributed by atoms with Crippen LogP contribution >= 0.6 is 24.0 Å². The van der Waals surface area contributed by atoms with Crippen molar-refractivity contribution in [1.82, 2.24) is 5.32 Å². The Morgan fingerprint density at radius 1 is 1.31 bits per heavy atom. The Hall–Kier alpha value is -2.64. The second-order valence-corrected chi connectivity index (χ2v) is 8.51. The predicted molar refractivity (Wildman–Crippen MR) is 120 cm³/mol. The highest BCUT2D eigenvalue weighted by molar-refractivity contribution is 8.26. The van der Waals surface area contributed by atoms with Crippen LogP contribution in [0.25, 0.3) is 6.08 Å². The van der Waals surface area contributed by atoms with Gasteiger partial charge in [-0.1, -0.05) is 67.3 Å². The minimum absolute atomic E-state index is 0.0576. The summed E-state index contributed by atoms with van der Waals surface area (Å²) in [5, 5.41) is 2.62. The standard InChI is InChI=1S/C22H20N2O3S2/c1-2-16(15-6-4-3-5-7-15)21(26)24-10-11-27-18-9-8-14(12-17(18)24)13-19-20(25)23-22(28)29-19/h3-9,12-13,16H,2,10-11H2,1H3,(H,23,25,28). The van der Waals surface area contributed by atoms with E-state index < -0.39 is 0 Å². The fraction of sp³-hybridized carbons (Fsp3) is 0.227. The van der Waals surface area contributed by atoms with Crippen molar-refractivity contribution in [2.24, 2.45) is 0 Å². The lowest BCUT2D eigenvalue weighted by Crippen LogP contribution is -2.40. The van der Waals surface area contributed by atoms with E-state index in [4.69, 9.17) is 17.0 Å². The van der Waals surface area contributed by atoms with E-state index >= 15 is 0 Å². The molecule has 0 radical (unpaired) electrons. The summed E-state index contributed by atoms with van der Waals surface area (Å²) in [7, 11) is 0. The number of carbonyl (C=O) groups excluding carboxylic acids is 2. The van der Waals surface area contributed by atoms with Gasteiger partial charge in [0, 0.05) is 0 Å². The topological polar surface area (TPSA) is 58.6 Å². The minimum Gasteiger partial charge on any atom is -0.490 e. The van der Waals surface area contributed by atoms with Crippen molar-refractivity contribution in [1.29, 1.82) is 0 Å². The molecule has 2 aliphatic rings. The molecule has 2 aromatic carbocycles. The molecule has 0 aromatic heterocycles. The Labute approximate surface area is 179 Å². The number of fused-ring (bicyclic) bond motifs is 1. The predicted octanol–water partition coefficient (Wildman–Crippen LogP) is 4.09. The Kier molecular flexibility index (Phi) is 5.69. The summed E-state index contributed by atoms with van der Waals surface area (Å²) >= 11 is 6.28. The molecule has 1 N–H and O–H groups in total. The lowest BCUT2D eigenvalue weighted by Gasteiger charge is -2.32. The first-order valence-electron chi connectivity index (χ1n) is 9.45. The van der Waals surface area contributed by atoms with Gasteiger partial charge in [-0.25, -0.2) is 0 Å².